The molecule has 0 unspecified atom stereocenters. The topological polar surface area (TPSA) is 21.3 Å². The lowest BCUT2D eigenvalue weighted by atomic mass is 9.84. The van der Waals surface area contributed by atoms with E-state index in [1.165, 1.54) is 14.7 Å². The van der Waals surface area contributed by atoms with Crippen LogP contribution in [0.15, 0.2) is 36.4 Å². The fraction of sp³-hybridized carbons (Fsp3) is 0.250. The Hall–Kier alpha value is -0.780. The summed E-state index contributed by atoms with van der Waals surface area (Å²) in [5.74, 6) is 2.81. The van der Waals surface area contributed by atoms with Crippen LogP contribution in [-0.4, -0.2) is 13.1 Å². The van der Waals surface area contributed by atoms with Gasteiger partial charge in [-0.25, -0.2) is 0 Å². The van der Waals surface area contributed by atoms with E-state index in [-0.39, 0.29) is 0 Å². The van der Waals surface area contributed by atoms with Crippen LogP contribution in [0.5, 0.6) is 11.5 Å². The largest absolute Gasteiger partial charge is 0.457 e. The van der Waals surface area contributed by atoms with Gasteiger partial charge in [0.05, 0.1) is 0 Å². The van der Waals surface area contributed by atoms with Gasteiger partial charge in [-0.15, -0.1) is 0 Å². The summed E-state index contributed by atoms with van der Waals surface area (Å²) in [7, 11) is 0. The number of fused-ring (bicyclic) bond motifs is 5. The summed E-state index contributed by atoms with van der Waals surface area (Å²) in [6.45, 7) is 1.97. The molecule has 1 saturated heterocycles. The first kappa shape index (κ1) is 12.9. The first-order chi connectivity index (χ1) is 9.72. The number of benzene rings is 2. The molecule has 4 rings (SSSR count). The van der Waals surface area contributed by atoms with Gasteiger partial charge in [0, 0.05) is 44.6 Å². The fourth-order valence-electron chi connectivity index (χ4n) is 3.25. The number of halogens is 2. The van der Waals surface area contributed by atoms with Gasteiger partial charge in [0.1, 0.15) is 11.5 Å². The van der Waals surface area contributed by atoms with Gasteiger partial charge >= 0.3 is 0 Å². The monoisotopic (exact) mass is 397 g/mol. The van der Waals surface area contributed by atoms with Crippen LogP contribution >= 0.6 is 34.2 Å². The Bertz CT molecular complexity index is 631. The molecule has 2 aromatic carbocycles. The molecule has 2 aliphatic rings. The molecule has 2 aliphatic heterocycles. The van der Waals surface area contributed by atoms with Gasteiger partial charge in [-0.1, -0.05) is 11.6 Å². The molecule has 102 valence electrons. The van der Waals surface area contributed by atoms with Gasteiger partial charge in [-0.2, -0.15) is 0 Å². The van der Waals surface area contributed by atoms with Crippen molar-refractivity contribution < 1.29 is 4.74 Å². The Morgan fingerprint density at radius 1 is 1.00 bits per heavy atom. The van der Waals surface area contributed by atoms with E-state index in [1.807, 2.05) is 12.1 Å². The fourth-order valence-corrected chi connectivity index (χ4v) is 3.95. The van der Waals surface area contributed by atoms with Crippen molar-refractivity contribution >= 4 is 34.2 Å². The van der Waals surface area contributed by atoms with Crippen LogP contribution < -0.4 is 10.1 Å². The van der Waals surface area contributed by atoms with E-state index in [0.29, 0.717) is 11.8 Å². The maximum Gasteiger partial charge on any atom is 0.131 e. The summed E-state index contributed by atoms with van der Waals surface area (Å²) < 4.78 is 7.41. The van der Waals surface area contributed by atoms with Crippen molar-refractivity contribution in [2.24, 2.45) is 0 Å². The Morgan fingerprint density at radius 3 is 2.40 bits per heavy atom. The molecule has 1 fully saturated rings. The van der Waals surface area contributed by atoms with Crippen molar-refractivity contribution in [3.05, 3.63) is 56.1 Å². The minimum Gasteiger partial charge on any atom is -0.457 e. The molecule has 20 heavy (non-hydrogen) atoms. The average Bonchev–Trinajstić information content (AvgIpc) is 2.87. The number of hydrogen-bond donors (Lipinski definition) is 1. The Morgan fingerprint density at radius 2 is 1.65 bits per heavy atom. The first-order valence-electron chi connectivity index (χ1n) is 6.70. The van der Waals surface area contributed by atoms with Crippen LogP contribution in [-0.2, 0) is 0 Å². The Labute approximate surface area is 136 Å². The van der Waals surface area contributed by atoms with Gasteiger partial charge in [0.25, 0.3) is 0 Å². The minimum atomic E-state index is 0.433. The van der Waals surface area contributed by atoms with Crippen molar-refractivity contribution in [2.75, 3.05) is 13.1 Å². The van der Waals surface area contributed by atoms with Crippen LogP contribution in [0.4, 0.5) is 0 Å². The van der Waals surface area contributed by atoms with Crippen LogP contribution in [0.25, 0.3) is 0 Å². The zero-order valence-electron chi connectivity index (χ0n) is 10.7. The third-order valence-electron chi connectivity index (χ3n) is 4.18. The molecule has 2 aromatic rings. The summed E-state index contributed by atoms with van der Waals surface area (Å²) in [4.78, 5) is 0. The van der Waals surface area contributed by atoms with Crippen molar-refractivity contribution in [3.63, 3.8) is 0 Å². The second-order valence-electron chi connectivity index (χ2n) is 5.34. The maximum absolute atomic E-state index is 6.18. The Balaban J connectivity index is 1.94. The van der Waals surface area contributed by atoms with Crippen molar-refractivity contribution in [1.29, 1.82) is 0 Å². The van der Waals surface area contributed by atoms with Crippen LogP contribution in [0.2, 0.25) is 5.02 Å². The molecule has 2 atom stereocenters. The van der Waals surface area contributed by atoms with E-state index in [9.17, 15) is 0 Å². The molecule has 0 radical (unpaired) electrons. The lowest BCUT2D eigenvalue weighted by Gasteiger charge is -2.17. The van der Waals surface area contributed by atoms with Crippen molar-refractivity contribution in [3.8, 4) is 11.5 Å². The van der Waals surface area contributed by atoms with Crippen molar-refractivity contribution in [1.82, 2.24) is 5.32 Å². The van der Waals surface area contributed by atoms with Crippen LogP contribution in [0, 0.1) is 3.57 Å². The SMILES string of the molecule is Clc1ccc2c(c1)[C@@H]1CNC[C@H]1c1cc(I)ccc1O2. The number of hydrogen-bond acceptors (Lipinski definition) is 2. The quantitative estimate of drug-likeness (QED) is 0.660. The highest BCUT2D eigenvalue weighted by atomic mass is 127. The third-order valence-corrected chi connectivity index (χ3v) is 5.08. The zero-order chi connectivity index (χ0) is 13.7. The number of nitrogens with one attached hydrogen (secondary N) is 1. The van der Waals surface area contributed by atoms with Gasteiger partial charge < -0.3 is 10.1 Å². The molecule has 0 amide bonds. The van der Waals surface area contributed by atoms with Gasteiger partial charge in [0.15, 0.2) is 0 Å². The van der Waals surface area contributed by atoms with E-state index < -0.39 is 0 Å². The highest BCUT2D eigenvalue weighted by molar-refractivity contribution is 14.1. The molecule has 0 spiro atoms. The lowest BCUT2D eigenvalue weighted by molar-refractivity contribution is 0.476. The van der Waals surface area contributed by atoms with Crippen LogP contribution in [0.1, 0.15) is 23.0 Å². The van der Waals surface area contributed by atoms with E-state index in [0.717, 1.165) is 29.6 Å². The number of rotatable bonds is 0. The summed E-state index contributed by atoms with van der Waals surface area (Å²) >= 11 is 8.54. The molecule has 0 aromatic heterocycles. The van der Waals surface area contributed by atoms with Crippen LogP contribution in [0.3, 0.4) is 0 Å². The highest BCUT2D eigenvalue weighted by Crippen LogP contribution is 2.48. The van der Waals surface area contributed by atoms with Gasteiger partial charge in [-0.05, 0) is 59.0 Å². The molecule has 0 saturated carbocycles. The first-order valence-corrected chi connectivity index (χ1v) is 8.15. The molecular weight excluding hydrogens is 385 g/mol. The summed E-state index contributed by atoms with van der Waals surface area (Å²) in [6.07, 6.45) is 0. The minimum absolute atomic E-state index is 0.433. The molecule has 0 aliphatic carbocycles. The van der Waals surface area contributed by atoms with E-state index in [4.69, 9.17) is 16.3 Å². The average molecular weight is 398 g/mol. The summed E-state index contributed by atoms with van der Waals surface area (Å²) in [5.41, 5.74) is 2.53. The third kappa shape index (κ3) is 2.03. The smallest absolute Gasteiger partial charge is 0.131 e. The second kappa shape index (κ2) is 4.90. The van der Waals surface area contributed by atoms with E-state index in [1.54, 1.807) is 0 Å². The molecule has 2 nitrogen and oxygen atoms in total. The zero-order valence-corrected chi connectivity index (χ0v) is 13.6. The standard InChI is InChI=1S/C16H13ClINO/c17-9-1-3-15-11(5-9)13-7-19-8-14(13)12-6-10(18)2-4-16(12)20-15/h1-6,13-14,19H,7-8H2/t13-,14-/m0/s1. The molecular formula is C16H13ClINO. The Kier molecular flexibility index (Phi) is 3.16. The number of ether oxygens (including phenoxy) is 1. The van der Waals surface area contributed by atoms with E-state index in [2.05, 4.69) is 52.2 Å². The molecule has 1 N–H and O–H groups in total. The normalized spacial score (nSPS) is 23.3. The van der Waals surface area contributed by atoms with Gasteiger partial charge in [-0.3, -0.25) is 0 Å². The van der Waals surface area contributed by atoms with E-state index >= 15 is 0 Å². The van der Waals surface area contributed by atoms with Crippen molar-refractivity contribution in [2.45, 2.75) is 11.8 Å². The highest BCUT2D eigenvalue weighted by Gasteiger charge is 2.36. The molecule has 4 heteroatoms. The second-order valence-corrected chi connectivity index (χ2v) is 7.02. The molecule has 0 bridgehead atoms. The summed E-state index contributed by atoms with van der Waals surface area (Å²) in [6, 6.07) is 12.4. The summed E-state index contributed by atoms with van der Waals surface area (Å²) in [5, 5.41) is 4.29. The lowest BCUT2D eigenvalue weighted by Crippen LogP contribution is -2.08. The predicted octanol–water partition coefficient (Wildman–Crippen LogP) is 4.52. The predicted molar refractivity (Wildman–Crippen MR) is 89.0 cm³/mol. The molecule has 2 heterocycles. The van der Waals surface area contributed by atoms with Gasteiger partial charge in [0.2, 0.25) is 0 Å². The maximum atomic E-state index is 6.18.